The van der Waals surface area contributed by atoms with Crippen LogP contribution < -0.4 is 5.32 Å². The van der Waals surface area contributed by atoms with Gasteiger partial charge in [0.2, 0.25) is 0 Å². The summed E-state index contributed by atoms with van der Waals surface area (Å²) in [4.78, 5) is 6.17. The van der Waals surface area contributed by atoms with Crippen LogP contribution in [0.5, 0.6) is 0 Å². The van der Waals surface area contributed by atoms with E-state index in [0.29, 0.717) is 0 Å². The van der Waals surface area contributed by atoms with Crippen molar-refractivity contribution in [2.75, 3.05) is 27.2 Å². The minimum absolute atomic E-state index is 0.740. The van der Waals surface area contributed by atoms with Gasteiger partial charge in [0.15, 0.2) is 0 Å². The molecule has 14 heavy (non-hydrogen) atoms. The fourth-order valence-corrected chi connectivity index (χ4v) is 1.38. The minimum atomic E-state index is 0.740. The molecule has 1 aromatic heterocycles. The molecule has 0 radical (unpaired) electrons. The van der Waals surface area contributed by atoms with E-state index >= 15 is 0 Å². The van der Waals surface area contributed by atoms with Gasteiger partial charge >= 0.3 is 0 Å². The van der Waals surface area contributed by atoms with Crippen molar-refractivity contribution >= 4 is 11.6 Å². The number of pyridine rings is 1. The van der Waals surface area contributed by atoms with Gasteiger partial charge < -0.3 is 10.2 Å². The van der Waals surface area contributed by atoms with Crippen LogP contribution in [0.4, 0.5) is 0 Å². The predicted octanol–water partition coefficient (Wildman–Crippen LogP) is 1.39. The molecule has 4 heteroatoms. The molecule has 0 aliphatic heterocycles. The molecule has 0 aliphatic carbocycles. The van der Waals surface area contributed by atoms with Crippen LogP contribution in [0.2, 0.25) is 5.02 Å². The van der Waals surface area contributed by atoms with Gasteiger partial charge in [0.25, 0.3) is 0 Å². The summed E-state index contributed by atoms with van der Waals surface area (Å²) in [6.45, 7) is 2.86. The van der Waals surface area contributed by atoms with Crippen LogP contribution in [0.1, 0.15) is 5.56 Å². The van der Waals surface area contributed by atoms with Crippen molar-refractivity contribution in [3.8, 4) is 0 Å². The molecule has 0 fully saturated rings. The quantitative estimate of drug-likeness (QED) is 0.801. The summed E-state index contributed by atoms with van der Waals surface area (Å²) >= 11 is 6.00. The Balaban J connectivity index is 2.47. The Morgan fingerprint density at radius 3 is 3.00 bits per heavy atom. The Kier molecular flexibility index (Phi) is 4.87. The van der Waals surface area contributed by atoms with Crippen LogP contribution in [0.25, 0.3) is 0 Å². The second-order valence-electron chi connectivity index (χ2n) is 3.31. The standard InChI is InChI=1S/C10H16ClN3/c1-12-5-6-14(2)8-9-3-4-13-7-10(9)11/h3-4,7,12H,5-6,8H2,1-2H3. The number of hydrogen-bond acceptors (Lipinski definition) is 3. The van der Waals surface area contributed by atoms with Crippen molar-refractivity contribution in [1.29, 1.82) is 0 Å². The van der Waals surface area contributed by atoms with E-state index in [4.69, 9.17) is 11.6 Å². The fraction of sp³-hybridized carbons (Fsp3) is 0.500. The summed E-state index contributed by atoms with van der Waals surface area (Å²) in [5.74, 6) is 0. The lowest BCUT2D eigenvalue weighted by Crippen LogP contribution is -2.27. The molecule has 0 spiro atoms. The number of halogens is 1. The predicted molar refractivity (Wildman–Crippen MR) is 59.5 cm³/mol. The van der Waals surface area contributed by atoms with Crippen molar-refractivity contribution in [2.45, 2.75) is 6.54 Å². The molecule has 0 amide bonds. The molecule has 1 heterocycles. The van der Waals surface area contributed by atoms with E-state index in [1.807, 2.05) is 13.1 Å². The second-order valence-corrected chi connectivity index (χ2v) is 3.72. The number of nitrogens with zero attached hydrogens (tertiary/aromatic N) is 2. The Hall–Kier alpha value is -0.640. The van der Waals surface area contributed by atoms with Gasteiger partial charge in [-0.05, 0) is 25.7 Å². The molecule has 1 N–H and O–H groups in total. The Morgan fingerprint density at radius 1 is 1.57 bits per heavy atom. The summed E-state index contributed by atoms with van der Waals surface area (Å²) in [6.07, 6.45) is 3.45. The van der Waals surface area contributed by atoms with Crippen molar-refractivity contribution in [2.24, 2.45) is 0 Å². The first-order valence-corrected chi connectivity index (χ1v) is 5.03. The largest absolute Gasteiger partial charge is 0.318 e. The number of likely N-dealkylation sites (N-methyl/N-ethyl adjacent to an activating group) is 2. The molecule has 0 atom stereocenters. The van der Waals surface area contributed by atoms with Gasteiger partial charge in [-0.3, -0.25) is 4.98 Å². The number of nitrogens with one attached hydrogen (secondary N) is 1. The smallest absolute Gasteiger partial charge is 0.0634 e. The van der Waals surface area contributed by atoms with Crippen molar-refractivity contribution < 1.29 is 0 Å². The highest BCUT2D eigenvalue weighted by Crippen LogP contribution is 2.14. The van der Waals surface area contributed by atoms with Crippen molar-refractivity contribution in [3.63, 3.8) is 0 Å². The van der Waals surface area contributed by atoms with Crippen LogP contribution in [0, 0.1) is 0 Å². The van der Waals surface area contributed by atoms with Gasteiger partial charge in [0, 0.05) is 32.0 Å². The molecule has 0 aliphatic rings. The first-order valence-electron chi connectivity index (χ1n) is 4.65. The van der Waals surface area contributed by atoms with Crippen LogP contribution in [0.15, 0.2) is 18.5 Å². The first-order chi connectivity index (χ1) is 6.74. The zero-order valence-corrected chi connectivity index (χ0v) is 9.38. The average molecular weight is 214 g/mol. The van der Waals surface area contributed by atoms with Gasteiger partial charge in [0.05, 0.1) is 5.02 Å². The lowest BCUT2D eigenvalue weighted by atomic mass is 10.2. The molecular weight excluding hydrogens is 198 g/mol. The van der Waals surface area contributed by atoms with E-state index < -0.39 is 0 Å². The lowest BCUT2D eigenvalue weighted by molar-refractivity contribution is 0.328. The molecule has 0 saturated heterocycles. The van der Waals surface area contributed by atoms with Crippen LogP contribution in [0.3, 0.4) is 0 Å². The lowest BCUT2D eigenvalue weighted by Gasteiger charge is -2.16. The highest BCUT2D eigenvalue weighted by atomic mass is 35.5. The summed E-state index contributed by atoms with van der Waals surface area (Å²) in [7, 11) is 4.03. The number of hydrogen-bond donors (Lipinski definition) is 1. The van der Waals surface area contributed by atoms with Crippen LogP contribution >= 0.6 is 11.6 Å². The monoisotopic (exact) mass is 213 g/mol. The van der Waals surface area contributed by atoms with E-state index in [2.05, 4.69) is 22.2 Å². The van der Waals surface area contributed by atoms with E-state index in [0.717, 1.165) is 30.2 Å². The maximum absolute atomic E-state index is 6.00. The van der Waals surface area contributed by atoms with Gasteiger partial charge in [0.1, 0.15) is 0 Å². The topological polar surface area (TPSA) is 28.2 Å². The van der Waals surface area contributed by atoms with Crippen molar-refractivity contribution in [3.05, 3.63) is 29.0 Å². The highest BCUT2D eigenvalue weighted by molar-refractivity contribution is 6.31. The molecule has 1 aromatic rings. The molecule has 0 bridgehead atoms. The molecule has 78 valence electrons. The Labute approximate surface area is 90.1 Å². The normalized spacial score (nSPS) is 10.9. The van der Waals surface area contributed by atoms with E-state index in [-0.39, 0.29) is 0 Å². The van der Waals surface area contributed by atoms with Crippen LogP contribution in [-0.2, 0) is 6.54 Å². The SMILES string of the molecule is CNCCN(C)Cc1ccncc1Cl. The van der Waals surface area contributed by atoms with Crippen molar-refractivity contribution in [1.82, 2.24) is 15.2 Å². The maximum atomic E-state index is 6.00. The van der Waals surface area contributed by atoms with Gasteiger partial charge in [-0.1, -0.05) is 11.6 Å². The minimum Gasteiger partial charge on any atom is -0.318 e. The number of rotatable bonds is 5. The molecule has 0 unspecified atom stereocenters. The molecule has 3 nitrogen and oxygen atoms in total. The molecular formula is C10H16ClN3. The van der Waals surface area contributed by atoms with E-state index in [9.17, 15) is 0 Å². The van der Waals surface area contributed by atoms with Crippen LogP contribution in [-0.4, -0.2) is 37.1 Å². The summed E-state index contributed by atoms with van der Waals surface area (Å²) in [5.41, 5.74) is 1.13. The summed E-state index contributed by atoms with van der Waals surface area (Å²) in [5, 5.41) is 3.85. The van der Waals surface area contributed by atoms with E-state index in [1.165, 1.54) is 0 Å². The number of aromatic nitrogens is 1. The third-order valence-corrected chi connectivity index (χ3v) is 2.38. The van der Waals surface area contributed by atoms with Gasteiger partial charge in [-0.25, -0.2) is 0 Å². The second kappa shape index (κ2) is 5.96. The Bertz CT molecular complexity index is 278. The average Bonchev–Trinajstić information content (AvgIpc) is 2.18. The summed E-state index contributed by atoms with van der Waals surface area (Å²) in [6, 6.07) is 1.96. The molecule has 1 rings (SSSR count). The molecule has 0 aromatic carbocycles. The highest BCUT2D eigenvalue weighted by Gasteiger charge is 2.03. The maximum Gasteiger partial charge on any atom is 0.0634 e. The third kappa shape index (κ3) is 3.62. The Morgan fingerprint density at radius 2 is 2.36 bits per heavy atom. The summed E-state index contributed by atoms with van der Waals surface area (Å²) < 4.78 is 0. The molecule has 0 saturated carbocycles. The van der Waals surface area contributed by atoms with Gasteiger partial charge in [-0.15, -0.1) is 0 Å². The zero-order valence-electron chi connectivity index (χ0n) is 8.63. The zero-order chi connectivity index (χ0) is 10.4. The first kappa shape index (κ1) is 11.4. The fourth-order valence-electron chi connectivity index (χ4n) is 1.20. The van der Waals surface area contributed by atoms with E-state index in [1.54, 1.807) is 12.4 Å². The third-order valence-electron chi connectivity index (χ3n) is 2.04. The van der Waals surface area contributed by atoms with Gasteiger partial charge in [-0.2, -0.15) is 0 Å².